The van der Waals surface area contributed by atoms with Gasteiger partial charge in [0.25, 0.3) is 0 Å². The third-order valence-electron chi connectivity index (χ3n) is 6.95. The van der Waals surface area contributed by atoms with E-state index in [0.29, 0.717) is 24.5 Å². The molecule has 4 aromatic rings. The first-order valence-electron chi connectivity index (χ1n) is 13.0. The Morgan fingerprint density at radius 2 is 1.51 bits per heavy atom. The van der Waals surface area contributed by atoms with Gasteiger partial charge in [0, 0.05) is 11.1 Å². The Balaban J connectivity index is 1.41. The van der Waals surface area contributed by atoms with Crippen molar-refractivity contribution in [2.75, 3.05) is 34.5 Å². The zero-order chi connectivity index (χ0) is 27.2. The van der Waals surface area contributed by atoms with Crippen LogP contribution in [0.15, 0.2) is 84.9 Å². The van der Waals surface area contributed by atoms with Crippen LogP contribution in [0, 0.1) is 0 Å². The highest BCUT2D eigenvalue weighted by atomic mass is 16.7. The molecular weight excluding hydrogens is 492 g/mol. The molecule has 0 saturated carbocycles. The Kier molecular flexibility index (Phi) is 8.25. The fourth-order valence-electron chi connectivity index (χ4n) is 4.93. The number of ether oxygens (including phenoxy) is 5. The zero-order valence-electron chi connectivity index (χ0n) is 22.4. The van der Waals surface area contributed by atoms with Crippen molar-refractivity contribution in [3.05, 3.63) is 107 Å². The van der Waals surface area contributed by atoms with Crippen LogP contribution in [0.2, 0.25) is 0 Å². The molecule has 0 unspecified atom stereocenters. The highest BCUT2D eigenvalue weighted by Gasteiger charge is 2.19. The van der Waals surface area contributed by atoms with Crippen LogP contribution in [0.4, 0.5) is 0 Å². The minimum Gasteiger partial charge on any atom is -0.497 e. The molecule has 6 nitrogen and oxygen atoms in total. The summed E-state index contributed by atoms with van der Waals surface area (Å²) >= 11 is 0. The van der Waals surface area contributed by atoms with E-state index in [1.807, 2.05) is 30.3 Å². The van der Waals surface area contributed by atoms with Crippen molar-refractivity contribution in [3.63, 3.8) is 0 Å². The van der Waals surface area contributed by atoms with E-state index in [2.05, 4.69) is 42.5 Å². The van der Waals surface area contributed by atoms with Gasteiger partial charge >= 0.3 is 5.97 Å². The molecule has 1 aliphatic heterocycles. The fourth-order valence-corrected chi connectivity index (χ4v) is 4.93. The average Bonchev–Trinajstić information content (AvgIpc) is 3.55. The van der Waals surface area contributed by atoms with E-state index in [4.69, 9.17) is 23.7 Å². The van der Waals surface area contributed by atoms with Crippen molar-refractivity contribution < 1.29 is 28.5 Å². The molecule has 6 heteroatoms. The average molecular weight is 525 g/mol. The number of methoxy groups -OCH3 is 3. The lowest BCUT2D eigenvalue weighted by atomic mass is 9.92. The normalized spacial score (nSPS) is 13.3. The Morgan fingerprint density at radius 3 is 2.26 bits per heavy atom. The minimum atomic E-state index is -0.400. The lowest BCUT2D eigenvalue weighted by molar-refractivity contribution is -0.0440. The van der Waals surface area contributed by atoms with Gasteiger partial charge in [-0.2, -0.15) is 0 Å². The van der Waals surface area contributed by atoms with Crippen LogP contribution < -0.4 is 9.47 Å². The van der Waals surface area contributed by atoms with Gasteiger partial charge in [-0.15, -0.1) is 0 Å². The Bertz CT molecular complexity index is 1450. The van der Waals surface area contributed by atoms with Gasteiger partial charge in [-0.05, 0) is 77.1 Å². The van der Waals surface area contributed by atoms with Crippen LogP contribution in [0.1, 0.15) is 33.3 Å². The number of aryl methyl sites for hydroxylation is 2. The molecule has 200 valence electrons. The van der Waals surface area contributed by atoms with E-state index >= 15 is 0 Å². The van der Waals surface area contributed by atoms with Crippen molar-refractivity contribution >= 4 is 5.97 Å². The van der Waals surface area contributed by atoms with E-state index in [9.17, 15) is 4.79 Å². The number of carbonyl (C=O) groups is 1. The second-order valence-corrected chi connectivity index (χ2v) is 9.33. The van der Waals surface area contributed by atoms with Crippen molar-refractivity contribution in [1.29, 1.82) is 0 Å². The molecule has 0 bridgehead atoms. The lowest BCUT2D eigenvalue weighted by Crippen LogP contribution is -2.03. The smallest absolute Gasteiger partial charge is 0.337 e. The zero-order valence-corrected chi connectivity index (χ0v) is 22.4. The summed E-state index contributed by atoms with van der Waals surface area (Å²) in [5.41, 5.74) is 8.05. The topological polar surface area (TPSA) is 63.2 Å². The maximum atomic E-state index is 12.0. The molecule has 1 fully saturated rings. The van der Waals surface area contributed by atoms with E-state index < -0.39 is 5.97 Å². The first kappa shape index (κ1) is 26.5. The van der Waals surface area contributed by atoms with E-state index in [-0.39, 0.29) is 6.29 Å². The SMILES string of the molecule is COC(=O)c1ccc(-c2ccc(OC)cc2CCc2cccc(-c3cccc(C4OCCO4)c3)c2)c(OC)c1. The second kappa shape index (κ2) is 12.2. The third kappa shape index (κ3) is 5.98. The van der Waals surface area contributed by atoms with Gasteiger partial charge in [0.2, 0.25) is 0 Å². The van der Waals surface area contributed by atoms with Gasteiger partial charge < -0.3 is 23.7 Å². The van der Waals surface area contributed by atoms with E-state index in [1.54, 1.807) is 26.4 Å². The molecule has 0 aromatic heterocycles. The number of rotatable bonds is 9. The molecule has 0 aliphatic carbocycles. The number of benzene rings is 4. The second-order valence-electron chi connectivity index (χ2n) is 9.33. The van der Waals surface area contributed by atoms with E-state index in [1.165, 1.54) is 12.7 Å². The third-order valence-corrected chi connectivity index (χ3v) is 6.95. The van der Waals surface area contributed by atoms with Gasteiger partial charge in [-0.25, -0.2) is 4.79 Å². The maximum Gasteiger partial charge on any atom is 0.337 e. The summed E-state index contributed by atoms with van der Waals surface area (Å²) in [7, 11) is 4.65. The van der Waals surface area contributed by atoms with Crippen LogP contribution in [-0.2, 0) is 27.1 Å². The first-order chi connectivity index (χ1) is 19.1. The largest absolute Gasteiger partial charge is 0.497 e. The number of esters is 1. The molecule has 5 rings (SSSR count). The monoisotopic (exact) mass is 524 g/mol. The number of hydrogen-bond acceptors (Lipinski definition) is 6. The fraction of sp³-hybridized carbons (Fsp3) is 0.242. The van der Waals surface area contributed by atoms with Gasteiger partial charge in [-0.3, -0.25) is 0 Å². The van der Waals surface area contributed by atoms with Crippen LogP contribution in [0.25, 0.3) is 22.3 Å². The predicted octanol–water partition coefficient (Wildman–Crippen LogP) is 6.66. The van der Waals surface area contributed by atoms with Gasteiger partial charge in [-0.1, -0.05) is 48.5 Å². The molecule has 39 heavy (non-hydrogen) atoms. The summed E-state index contributed by atoms with van der Waals surface area (Å²) < 4.78 is 27.4. The lowest BCUT2D eigenvalue weighted by Gasteiger charge is -2.16. The maximum absolute atomic E-state index is 12.0. The Labute approximate surface area is 229 Å². The highest BCUT2D eigenvalue weighted by molar-refractivity contribution is 5.91. The summed E-state index contributed by atoms with van der Waals surface area (Å²) in [5, 5.41) is 0. The van der Waals surface area contributed by atoms with Crippen molar-refractivity contribution in [1.82, 2.24) is 0 Å². The molecule has 1 saturated heterocycles. The Morgan fingerprint density at radius 1 is 0.769 bits per heavy atom. The van der Waals surface area contributed by atoms with Crippen LogP contribution in [0.3, 0.4) is 0 Å². The molecule has 0 atom stereocenters. The number of carbonyl (C=O) groups excluding carboxylic acids is 1. The first-order valence-corrected chi connectivity index (χ1v) is 13.0. The molecule has 1 heterocycles. The van der Waals surface area contributed by atoms with Crippen LogP contribution >= 0.6 is 0 Å². The minimum absolute atomic E-state index is 0.293. The summed E-state index contributed by atoms with van der Waals surface area (Å²) in [5.74, 6) is 1.01. The molecule has 0 spiro atoms. The van der Waals surface area contributed by atoms with Crippen molar-refractivity contribution in [2.24, 2.45) is 0 Å². The van der Waals surface area contributed by atoms with Crippen molar-refractivity contribution in [3.8, 4) is 33.8 Å². The summed E-state index contributed by atoms with van der Waals surface area (Å²) in [6.45, 7) is 1.25. The summed E-state index contributed by atoms with van der Waals surface area (Å²) in [6.07, 6.45) is 1.34. The van der Waals surface area contributed by atoms with Crippen LogP contribution in [-0.4, -0.2) is 40.5 Å². The summed E-state index contributed by atoms with van der Waals surface area (Å²) in [4.78, 5) is 12.0. The van der Waals surface area contributed by atoms with Crippen LogP contribution in [0.5, 0.6) is 11.5 Å². The highest BCUT2D eigenvalue weighted by Crippen LogP contribution is 2.36. The molecule has 0 amide bonds. The van der Waals surface area contributed by atoms with E-state index in [0.717, 1.165) is 52.0 Å². The summed E-state index contributed by atoms with van der Waals surface area (Å²) in [6, 6.07) is 28.4. The van der Waals surface area contributed by atoms with Crippen molar-refractivity contribution in [2.45, 2.75) is 19.1 Å². The molecule has 0 N–H and O–H groups in total. The quantitative estimate of drug-likeness (QED) is 0.228. The Hall–Kier alpha value is -4.13. The molecule has 1 aliphatic rings. The standard InChI is InChI=1S/C33H32O6/c1-35-28-13-15-29(30-14-12-26(32(34)37-3)21-31(30)36-2)25(20-28)11-10-22-6-4-7-23(18-22)24-8-5-9-27(19-24)33-38-16-17-39-33/h4-9,12-15,18-21,33H,10-11,16-17H2,1-3H3. The van der Waals surface area contributed by atoms with Gasteiger partial charge in [0.05, 0.1) is 40.1 Å². The molecular formula is C33H32O6. The van der Waals surface area contributed by atoms with Gasteiger partial charge in [0.15, 0.2) is 6.29 Å². The number of hydrogen-bond donors (Lipinski definition) is 0. The molecule has 0 radical (unpaired) electrons. The predicted molar refractivity (Wildman–Crippen MR) is 150 cm³/mol. The van der Waals surface area contributed by atoms with Gasteiger partial charge in [0.1, 0.15) is 11.5 Å². The molecule has 4 aromatic carbocycles.